The first kappa shape index (κ1) is 16.8. The third-order valence-electron chi connectivity index (χ3n) is 2.97. The van der Waals surface area contributed by atoms with Gasteiger partial charge in [0.05, 0.1) is 5.75 Å². The summed E-state index contributed by atoms with van der Waals surface area (Å²) in [6.45, 7) is 0. The second-order valence-electron chi connectivity index (χ2n) is 4.98. The van der Waals surface area contributed by atoms with E-state index in [0.717, 1.165) is 23.0 Å². The zero-order valence-corrected chi connectivity index (χ0v) is 13.5. The molecule has 0 bridgehead atoms. The van der Waals surface area contributed by atoms with Crippen molar-refractivity contribution in [2.24, 2.45) is 10.7 Å². The van der Waals surface area contributed by atoms with Gasteiger partial charge in [0.25, 0.3) is 11.8 Å². The number of nitrogens with two attached hydrogens (primary N) is 1. The van der Waals surface area contributed by atoms with Crippen molar-refractivity contribution >= 4 is 46.4 Å². The quantitative estimate of drug-likeness (QED) is 0.612. The van der Waals surface area contributed by atoms with Crippen LogP contribution in [0.1, 0.15) is 5.56 Å². The number of anilines is 1. The van der Waals surface area contributed by atoms with Crippen molar-refractivity contribution in [3.8, 4) is 0 Å². The van der Waals surface area contributed by atoms with Crippen LogP contribution in [0.25, 0.3) is 6.08 Å². The van der Waals surface area contributed by atoms with E-state index >= 15 is 0 Å². The molecule has 1 aromatic carbocycles. The fraction of sp³-hybridized carbons (Fsp3) is 0.200. The highest BCUT2D eigenvalue weighted by Crippen LogP contribution is 2.17. The highest BCUT2D eigenvalue weighted by atomic mass is 32.2. The Morgan fingerprint density at radius 2 is 1.96 bits per heavy atom. The number of benzene rings is 1. The Hall–Kier alpha value is -2.61. The van der Waals surface area contributed by atoms with E-state index in [1.165, 1.54) is 6.08 Å². The molecule has 0 atom stereocenters. The Labute approximate surface area is 137 Å². The van der Waals surface area contributed by atoms with E-state index in [4.69, 9.17) is 5.73 Å². The number of carbonyl (C=O) groups excluding carboxylic acids is 3. The third-order valence-corrected chi connectivity index (χ3v) is 3.87. The molecule has 0 radical (unpaired) electrons. The molecular weight excluding hydrogens is 316 g/mol. The highest BCUT2D eigenvalue weighted by Gasteiger charge is 2.25. The maximum atomic E-state index is 12.0. The maximum Gasteiger partial charge on any atom is 0.285 e. The monoisotopic (exact) mass is 332 g/mol. The van der Waals surface area contributed by atoms with Crippen LogP contribution in [-0.4, -0.2) is 42.7 Å². The number of amidine groups is 1. The zero-order valence-electron chi connectivity index (χ0n) is 12.7. The number of thioether (sulfide) groups is 1. The van der Waals surface area contributed by atoms with Gasteiger partial charge in [0.1, 0.15) is 5.57 Å². The lowest BCUT2D eigenvalue weighted by Crippen LogP contribution is -2.37. The van der Waals surface area contributed by atoms with Gasteiger partial charge in [-0.1, -0.05) is 23.9 Å². The van der Waals surface area contributed by atoms with Gasteiger partial charge >= 0.3 is 0 Å². The second kappa shape index (κ2) is 7.10. The van der Waals surface area contributed by atoms with Crippen molar-refractivity contribution in [3.63, 3.8) is 0 Å². The number of carbonyl (C=O) groups is 3. The third kappa shape index (κ3) is 4.43. The molecule has 0 spiro atoms. The summed E-state index contributed by atoms with van der Waals surface area (Å²) in [5, 5.41) is 2.55. The topological polar surface area (TPSA) is 105 Å². The number of aliphatic imine (C=N–C) groups is 1. The molecule has 0 fully saturated rings. The van der Waals surface area contributed by atoms with E-state index < -0.39 is 17.7 Å². The highest BCUT2D eigenvalue weighted by molar-refractivity contribution is 8.14. The lowest BCUT2D eigenvalue weighted by Gasteiger charge is -2.14. The Morgan fingerprint density at radius 1 is 1.30 bits per heavy atom. The van der Waals surface area contributed by atoms with Gasteiger partial charge in [0.15, 0.2) is 5.17 Å². The van der Waals surface area contributed by atoms with Crippen LogP contribution in [-0.2, 0) is 14.4 Å². The largest absolute Gasteiger partial charge is 0.378 e. The minimum atomic E-state index is -0.641. The van der Waals surface area contributed by atoms with Crippen molar-refractivity contribution in [2.45, 2.75) is 0 Å². The molecule has 7 nitrogen and oxygen atoms in total. The van der Waals surface area contributed by atoms with Crippen molar-refractivity contribution in [3.05, 3.63) is 35.4 Å². The molecule has 3 amide bonds. The summed E-state index contributed by atoms with van der Waals surface area (Å²) >= 11 is 0.916. The summed E-state index contributed by atoms with van der Waals surface area (Å²) in [4.78, 5) is 40.4. The van der Waals surface area contributed by atoms with E-state index in [0.29, 0.717) is 0 Å². The Morgan fingerprint density at radius 3 is 2.48 bits per heavy atom. The first-order chi connectivity index (χ1) is 10.9. The zero-order chi connectivity index (χ0) is 17.0. The second-order valence-corrected chi connectivity index (χ2v) is 5.94. The van der Waals surface area contributed by atoms with E-state index in [2.05, 4.69) is 10.3 Å². The van der Waals surface area contributed by atoms with E-state index in [9.17, 15) is 14.4 Å². The molecule has 1 aromatic rings. The molecule has 1 aliphatic heterocycles. The molecule has 120 valence electrons. The molecular formula is C15H16N4O3S. The molecule has 1 heterocycles. The SMILES string of the molecule is CN(C)c1ccc(/C=C2/C(=O)N=C(SCC(N)=O)NC2=O)cc1. The summed E-state index contributed by atoms with van der Waals surface area (Å²) in [6.07, 6.45) is 1.48. The Balaban J connectivity index is 2.18. The number of nitrogens with zero attached hydrogens (tertiary/aromatic N) is 2. The van der Waals surface area contributed by atoms with Gasteiger partial charge < -0.3 is 16.0 Å². The Kier molecular flexibility index (Phi) is 5.17. The number of hydrogen-bond donors (Lipinski definition) is 2. The van der Waals surface area contributed by atoms with Crippen LogP contribution in [0.5, 0.6) is 0 Å². The molecule has 8 heteroatoms. The molecule has 0 aliphatic carbocycles. The van der Waals surface area contributed by atoms with Crippen molar-refractivity contribution < 1.29 is 14.4 Å². The number of rotatable bonds is 4. The molecule has 0 saturated heterocycles. The smallest absolute Gasteiger partial charge is 0.285 e. The summed E-state index contributed by atoms with van der Waals surface area (Å²) in [5.41, 5.74) is 6.69. The van der Waals surface area contributed by atoms with Crippen LogP contribution in [0, 0.1) is 0 Å². The van der Waals surface area contributed by atoms with E-state index in [-0.39, 0.29) is 16.5 Å². The van der Waals surface area contributed by atoms with Crippen LogP contribution < -0.4 is 16.0 Å². The van der Waals surface area contributed by atoms with Crippen LogP contribution in [0.3, 0.4) is 0 Å². The average Bonchev–Trinajstić information content (AvgIpc) is 2.49. The van der Waals surface area contributed by atoms with Gasteiger partial charge in [0, 0.05) is 19.8 Å². The van der Waals surface area contributed by atoms with E-state index in [1.807, 2.05) is 43.3 Å². The van der Waals surface area contributed by atoms with Crippen LogP contribution >= 0.6 is 11.8 Å². The van der Waals surface area contributed by atoms with Crippen molar-refractivity contribution in [1.29, 1.82) is 0 Å². The van der Waals surface area contributed by atoms with Gasteiger partial charge in [-0.05, 0) is 23.8 Å². The predicted molar refractivity (Wildman–Crippen MR) is 91.0 cm³/mol. The van der Waals surface area contributed by atoms with Gasteiger partial charge in [-0.25, -0.2) is 0 Å². The van der Waals surface area contributed by atoms with Crippen LogP contribution in [0.4, 0.5) is 5.69 Å². The lowest BCUT2D eigenvalue weighted by molar-refractivity contribution is -0.122. The molecule has 1 aliphatic rings. The first-order valence-electron chi connectivity index (χ1n) is 6.71. The molecule has 23 heavy (non-hydrogen) atoms. The fourth-order valence-electron chi connectivity index (χ4n) is 1.81. The predicted octanol–water partition coefficient (Wildman–Crippen LogP) is 0.367. The van der Waals surface area contributed by atoms with Crippen molar-refractivity contribution in [1.82, 2.24) is 5.32 Å². The van der Waals surface area contributed by atoms with Gasteiger partial charge in [-0.2, -0.15) is 4.99 Å². The van der Waals surface area contributed by atoms with Crippen LogP contribution in [0.2, 0.25) is 0 Å². The molecule has 0 aromatic heterocycles. The number of primary amides is 1. The molecule has 0 saturated carbocycles. The number of amides is 3. The van der Waals surface area contributed by atoms with Gasteiger partial charge in [0.2, 0.25) is 5.91 Å². The summed E-state index contributed by atoms with van der Waals surface area (Å²) in [5.74, 6) is -1.80. The average molecular weight is 332 g/mol. The lowest BCUT2D eigenvalue weighted by atomic mass is 10.1. The fourth-order valence-corrected chi connectivity index (χ4v) is 2.40. The molecule has 0 unspecified atom stereocenters. The van der Waals surface area contributed by atoms with Crippen LogP contribution in [0.15, 0.2) is 34.8 Å². The summed E-state index contributed by atoms with van der Waals surface area (Å²) in [6, 6.07) is 7.39. The van der Waals surface area contributed by atoms with Gasteiger partial charge in [-0.15, -0.1) is 0 Å². The molecule has 3 N–H and O–H groups in total. The van der Waals surface area contributed by atoms with E-state index in [1.54, 1.807) is 0 Å². The molecule has 2 rings (SSSR count). The minimum absolute atomic E-state index is 0.0500. The normalized spacial score (nSPS) is 16.1. The number of nitrogens with one attached hydrogen (secondary N) is 1. The Bertz CT molecular complexity index is 708. The number of hydrogen-bond acceptors (Lipinski definition) is 5. The standard InChI is InChI=1S/C15H16N4O3S/c1-19(2)10-5-3-9(4-6-10)7-11-13(21)17-15(18-14(11)22)23-8-12(16)20/h3-7H,8H2,1-2H3,(H2,16,20)(H,17,18,21,22). The first-order valence-corrected chi connectivity index (χ1v) is 7.70. The minimum Gasteiger partial charge on any atom is -0.378 e. The maximum absolute atomic E-state index is 12.0. The summed E-state index contributed by atoms with van der Waals surface area (Å²) in [7, 11) is 3.84. The van der Waals surface area contributed by atoms with Crippen molar-refractivity contribution in [2.75, 3.05) is 24.7 Å². The van der Waals surface area contributed by atoms with Gasteiger partial charge in [-0.3, -0.25) is 14.4 Å². The summed E-state index contributed by atoms with van der Waals surface area (Å²) < 4.78 is 0.